The SMILES string of the molecule is C#CCCCNC(=O)c1ccc(-c2ccc(NC(=O)C3CC(=O)CC(=O)C3)cc2)cc1. The maximum Gasteiger partial charge on any atom is 0.251 e. The topological polar surface area (TPSA) is 92.3 Å². The fourth-order valence-electron chi connectivity index (χ4n) is 3.47. The number of Topliss-reactive ketones (excluding diaryl/α,β-unsaturated/α-hetero) is 2. The lowest BCUT2D eigenvalue weighted by Gasteiger charge is -2.19. The summed E-state index contributed by atoms with van der Waals surface area (Å²) >= 11 is 0. The van der Waals surface area contributed by atoms with Crippen LogP contribution in [0.2, 0.25) is 0 Å². The number of benzene rings is 2. The van der Waals surface area contributed by atoms with Gasteiger partial charge in [0.1, 0.15) is 11.6 Å². The van der Waals surface area contributed by atoms with Crippen LogP contribution in [0, 0.1) is 18.3 Å². The van der Waals surface area contributed by atoms with E-state index in [0.717, 1.165) is 17.5 Å². The van der Waals surface area contributed by atoms with Crippen LogP contribution in [0.3, 0.4) is 0 Å². The van der Waals surface area contributed by atoms with Gasteiger partial charge in [-0.1, -0.05) is 24.3 Å². The smallest absolute Gasteiger partial charge is 0.251 e. The van der Waals surface area contributed by atoms with Gasteiger partial charge in [-0.25, -0.2) is 0 Å². The van der Waals surface area contributed by atoms with Crippen molar-refractivity contribution in [3.8, 4) is 23.5 Å². The van der Waals surface area contributed by atoms with Gasteiger partial charge < -0.3 is 10.6 Å². The summed E-state index contributed by atoms with van der Waals surface area (Å²) in [6.45, 7) is 0.543. The van der Waals surface area contributed by atoms with Gasteiger partial charge in [-0.15, -0.1) is 12.3 Å². The summed E-state index contributed by atoms with van der Waals surface area (Å²) in [7, 11) is 0. The minimum absolute atomic E-state index is 0.0648. The lowest BCUT2D eigenvalue weighted by atomic mass is 9.87. The van der Waals surface area contributed by atoms with Crippen molar-refractivity contribution in [3.05, 3.63) is 54.1 Å². The second-order valence-corrected chi connectivity index (χ2v) is 7.57. The molecule has 0 atom stereocenters. The lowest BCUT2D eigenvalue weighted by molar-refractivity contribution is -0.136. The number of anilines is 1. The molecule has 158 valence electrons. The van der Waals surface area contributed by atoms with Crippen LogP contribution in [0.15, 0.2) is 48.5 Å². The zero-order valence-corrected chi connectivity index (χ0v) is 17.1. The number of nitrogens with one attached hydrogen (secondary N) is 2. The van der Waals surface area contributed by atoms with Gasteiger partial charge in [0.2, 0.25) is 5.91 Å². The van der Waals surface area contributed by atoms with Crippen LogP contribution in [-0.4, -0.2) is 29.9 Å². The number of ketones is 2. The molecule has 0 aromatic heterocycles. The molecule has 2 aromatic rings. The molecule has 0 heterocycles. The Balaban J connectivity index is 1.58. The van der Waals surface area contributed by atoms with Crippen LogP contribution in [0.4, 0.5) is 5.69 Å². The summed E-state index contributed by atoms with van der Waals surface area (Å²) < 4.78 is 0. The number of terminal acetylenes is 1. The second-order valence-electron chi connectivity index (χ2n) is 7.57. The van der Waals surface area contributed by atoms with Gasteiger partial charge in [-0.3, -0.25) is 19.2 Å². The summed E-state index contributed by atoms with van der Waals surface area (Å²) in [5.41, 5.74) is 3.04. The Labute approximate surface area is 181 Å². The Bertz CT molecular complexity index is 1000. The first kappa shape index (κ1) is 22.0. The first-order chi connectivity index (χ1) is 15.0. The third-order valence-corrected chi connectivity index (χ3v) is 5.13. The van der Waals surface area contributed by atoms with Crippen LogP contribution in [0.25, 0.3) is 11.1 Å². The molecule has 6 nitrogen and oxygen atoms in total. The molecule has 0 unspecified atom stereocenters. The number of unbranched alkanes of at least 4 members (excludes halogenated alkanes) is 1. The Kier molecular flexibility index (Phi) is 7.34. The molecule has 31 heavy (non-hydrogen) atoms. The van der Waals surface area contributed by atoms with E-state index in [0.29, 0.717) is 24.2 Å². The molecule has 1 aliphatic rings. The molecular weight excluding hydrogens is 392 g/mol. The van der Waals surface area contributed by atoms with Crippen molar-refractivity contribution in [1.82, 2.24) is 5.32 Å². The summed E-state index contributed by atoms with van der Waals surface area (Å²) in [6.07, 6.45) is 6.73. The van der Waals surface area contributed by atoms with E-state index < -0.39 is 5.92 Å². The van der Waals surface area contributed by atoms with E-state index in [1.54, 1.807) is 24.3 Å². The summed E-state index contributed by atoms with van der Waals surface area (Å²) in [5.74, 6) is 1.12. The highest BCUT2D eigenvalue weighted by Crippen LogP contribution is 2.24. The first-order valence-electron chi connectivity index (χ1n) is 10.2. The number of hydrogen-bond acceptors (Lipinski definition) is 4. The molecule has 0 saturated heterocycles. The zero-order chi connectivity index (χ0) is 22.2. The fraction of sp³-hybridized carbons (Fsp3) is 0.280. The Hall–Kier alpha value is -3.72. The average Bonchev–Trinajstić information content (AvgIpc) is 2.76. The molecule has 0 spiro atoms. The van der Waals surface area contributed by atoms with Crippen molar-refractivity contribution in [2.75, 3.05) is 11.9 Å². The molecule has 1 saturated carbocycles. The second kappa shape index (κ2) is 10.4. The standard InChI is InChI=1S/C25H24N2O4/c1-2-3-4-13-26-24(30)19-7-5-17(6-8-19)18-9-11-21(12-10-18)27-25(31)20-14-22(28)16-23(29)15-20/h1,5-12,20H,3-4,13-16H2,(H,26,30)(H,27,31). The maximum absolute atomic E-state index is 12.4. The third kappa shape index (κ3) is 6.13. The van der Waals surface area contributed by atoms with Crippen LogP contribution in [0.5, 0.6) is 0 Å². The van der Waals surface area contributed by atoms with Gasteiger partial charge >= 0.3 is 0 Å². The molecule has 2 amide bonds. The monoisotopic (exact) mass is 416 g/mol. The van der Waals surface area contributed by atoms with E-state index in [2.05, 4.69) is 16.6 Å². The Morgan fingerprint density at radius 1 is 0.935 bits per heavy atom. The van der Waals surface area contributed by atoms with E-state index in [9.17, 15) is 19.2 Å². The maximum atomic E-state index is 12.4. The number of carbonyl (C=O) groups excluding carboxylic acids is 4. The van der Waals surface area contributed by atoms with E-state index >= 15 is 0 Å². The quantitative estimate of drug-likeness (QED) is 0.411. The number of rotatable bonds is 7. The largest absolute Gasteiger partial charge is 0.352 e. The Morgan fingerprint density at radius 2 is 1.52 bits per heavy atom. The fourth-order valence-corrected chi connectivity index (χ4v) is 3.47. The zero-order valence-electron chi connectivity index (χ0n) is 17.1. The molecule has 0 bridgehead atoms. The highest BCUT2D eigenvalue weighted by Gasteiger charge is 2.30. The van der Waals surface area contributed by atoms with Crippen molar-refractivity contribution >= 4 is 29.1 Å². The number of hydrogen-bond donors (Lipinski definition) is 2. The van der Waals surface area contributed by atoms with Crippen LogP contribution in [-0.2, 0) is 14.4 Å². The van der Waals surface area contributed by atoms with Crippen molar-refractivity contribution < 1.29 is 19.2 Å². The predicted octanol–water partition coefficient (Wildman–Crippen LogP) is 3.37. The lowest BCUT2D eigenvalue weighted by Crippen LogP contribution is -2.32. The van der Waals surface area contributed by atoms with Crippen molar-refractivity contribution in [2.24, 2.45) is 5.92 Å². The third-order valence-electron chi connectivity index (χ3n) is 5.13. The summed E-state index contributed by atoms with van der Waals surface area (Å²) in [5, 5.41) is 5.61. The van der Waals surface area contributed by atoms with Crippen molar-refractivity contribution in [3.63, 3.8) is 0 Å². The first-order valence-corrected chi connectivity index (χ1v) is 10.2. The van der Waals surface area contributed by atoms with Gasteiger partial charge in [0.15, 0.2) is 0 Å². The Morgan fingerprint density at radius 3 is 2.10 bits per heavy atom. The molecule has 0 aliphatic heterocycles. The van der Waals surface area contributed by atoms with Gasteiger partial charge in [0.25, 0.3) is 5.91 Å². The highest BCUT2D eigenvalue weighted by atomic mass is 16.2. The predicted molar refractivity (Wildman–Crippen MR) is 118 cm³/mol. The molecular formula is C25H24N2O4. The number of carbonyl (C=O) groups is 4. The average molecular weight is 416 g/mol. The van der Waals surface area contributed by atoms with E-state index in [4.69, 9.17) is 6.42 Å². The molecule has 1 aliphatic carbocycles. The van der Waals surface area contributed by atoms with Crippen LogP contribution >= 0.6 is 0 Å². The van der Waals surface area contributed by atoms with Crippen LogP contribution < -0.4 is 10.6 Å². The van der Waals surface area contributed by atoms with Gasteiger partial charge in [-0.2, -0.15) is 0 Å². The normalized spacial score (nSPS) is 14.0. The van der Waals surface area contributed by atoms with Gasteiger partial charge in [-0.05, 0) is 41.8 Å². The van der Waals surface area contributed by atoms with Crippen molar-refractivity contribution in [2.45, 2.75) is 32.1 Å². The van der Waals surface area contributed by atoms with E-state index in [1.807, 2.05) is 24.3 Å². The van der Waals surface area contributed by atoms with Crippen LogP contribution in [0.1, 0.15) is 42.5 Å². The highest BCUT2D eigenvalue weighted by molar-refractivity contribution is 6.07. The molecule has 2 N–H and O–H groups in total. The van der Waals surface area contributed by atoms with E-state index in [-0.39, 0.29) is 42.6 Å². The molecule has 2 aromatic carbocycles. The molecule has 3 rings (SSSR count). The molecule has 6 heteroatoms. The summed E-state index contributed by atoms with van der Waals surface area (Å²) in [4.78, 5) is 47.6. The molecule has 0 radical (unpaired) electrons. The van der Waals surface area contributed by atoms with Gasteiger partial charge in [0.05, 0.1) is 12.3 Å². The van der Waals surface area contributed by atoms with Gasteiger partial charge in [0, 0.05) is 37.1 Å². The minimum atomic E-state index is -0.598. The minimum Gasteiger partial charge on any atom is -0.352 e. The van der Waals surface area contributed by atoms with Crippen molar-refractivity contribution in [1.29, 1.82) is 0 Å². The van der Waals surface area contributed by atoms with E-state index in [1.165, 1.54) is 0 Å². The summed E-state index contributed by atoms with van der Waals surface area (Å²) in [6, 6.07) is 14.5. The molecule has 1 fully saturated rings. The number of amides is 2.